The van der Waals surface area contributed by atoms with Gasteiger partial charge >= 0.3 is 0 Å². The van der Waals surface area contributed by atoms with Crippen LogP contribution in [0.3, 0.4) is 0 Å². The van der Waals surface area contributed by atoms with Crippen molar-refractivity contribution in [3.63, 3.8) is 0 Å². The van der Waals surface area contributed by atoms with Crippen LogP contribution in [0.25, 0.3) is 0 Å². The zero-order valence-electron chi connectivity index (χ0n) is 11.1. The zero-order valence-corrected chi connectivity index (χ0v) is 11.1. The van der Waals surface area contributed by atoms with Crippen molar-refractivity contribution in [2.45, 2.75) is 38.3 Å². The second-order valence-corrected chi connectivity index (χ2v) is 4.48. The zero-order chi connectivity index (χ0) is 12.9. The van der Waals surface area contributed by atoms with E-state index in [1.54, 1.807) is 0 Å². The maximum atomic E-state index is 5.75. The van der Waals surface area contributed by atoms with Crippen molar-refractivity contribution >= 4 is 0 Å². The van der Waals surface area contributed by atoms with Gasteiger partial charge in [-0.25, -0.2) is 9.97 Å². The van der Waals surface area contributed by atoms with Gasteiger partial charge in [0.05, 0.1) is 6.04 Å². The molecule has 1 aromatic heterocycles. The number of nitrogens with one attached hydrogen (secondary N) is 1. The highest BCUT2D eigenvalue weighted by Gasteiger charge is 2.38. The summed E-state index contributed by atoms with van der Waals surface area (Å²) < 4.78 is 0. The molecule has 5 nitrogen and oxygen atoms in total. The Bertz CT molecular complexity index is 321. The lowest BCUT2D eigenvalue weighted by atomic mass is 9.81. The van der Waals surface area contributed by atoms with Crippen molar-refractivity contribution in [3.05, 3.63) is 24.3 Å². The molecule has 0 amide bonds. The van der Waals surface area contributed by atoms with Crippen LogP contribution in [0.2, 0.25) is 0 Å². The molecule has 0 aliphatic carbocycles. The highest BCUT2D eigenvalue weighted by atomic mass is 15.3. The summed E-state index contributed by atoms with van der Waals surface area (Å²) in [4.78, 5) is 10.4. The predicted octanol–water partition coefficient (Wildman–Crippen LogP) is 1.10. The second kappa shape index (κ2) is 6.05. The molecule has 0 fully saturated rings. The third-order valence-corrected chi connectivity index (χ3v) is 3.73. The lowest BCUT2D eigenvalue weighted by Gasteiger charge is -2.44. The molecular weight excluding hydrogens is 214 g/mol. The summed E-state index contributed by atoms with van der Waals surface area (Å²) in [6.45, 7) is 4.36. The van der Waals surface area contributed by atoms with Gasteiger partial charge in [0.2, 0.25) is 0 Å². The Morgan fingerprint density at radius 3 is 2.18 bits per heavy atom. The van der Waals surface area contributed by atoms with Gasteiger partial charge in [0.15, 0.2) is 0 Å². The molecular formula is C12H23N5. The molecule has 1 atom stereocenters. The molecule has 5 heteroatoms. The summed E-state index contributed by atoms with van der Waals surface area (Å²) in [6.07, 6.45) is 7.18. The summed E-state index contributed by atoms with van der Waals surface area (Å²) in [7, 11) is 4.17. The van der Waals surface area contributed by atoms with Gasteiger partial charge in [-0.05, 0) is 26.9 Å². The maximum absolute atomic E-state index is 5.75. The van der Waals surface area contributed by atoms with Crippen molar-refractivity contribution in [2.75, 3.05) is 14.1 Å². The average Bonchev–Trinajstić information content (AvgIpc) is 2.36. The third-order valence-electron chi connectivity index (χ3n) is 3.73. The van der Waals surface area contributed by atoms with E-state index in [0.29, 0.717) is 0 Å². The van der Waals surface area contributed by atoms with Crippen LogP contribution in [-0.2, 0) is 0 Å². The molecule has 1 aromatic rings. The lowest BCUT2D eigenvalue weighted by molar-refractivity contribution is 0.0879. The van der Waals surface area contributed by atoms with E-state index >= 15 is 0 Å². The minimum atomic E-state index is -0.0283. The Hall–Kier alpha value is -1.04. The topological polar surface area (TPSA) is 67.1 Å². The smallest absolute Gasteiger partial charge is 0.115 e. The van der Waals surface area contributed by atoms with Crippen LogP contribution in [0.1, 0.15) is 38.3 Å². The molecule has 0 bridgehead atoms. The van der Waals surface area contributed by atoms with Gasteiger partial charge in [-0.2, -0.15) is 0 Å². The Labute approximate surface area is 103 Å². The fourth-order valence-corrected chi connectivity index (χ4v) is 2.57. The first kappa shape index (κ1) is 14.0. The monoisotopic (exact) mass is 237 g/mol. The molecule has 0 saturated carbocycles. The van der Waals surface area contributed by atoms with Gasteiger partial charge in [0.1, 0.15) is 6.33 Å². The Morgan fingerprint density at radius 1 is 1.29 bits per heavy atom. The van der Waals surface area contributed by atoms with Crippen molar-refractivity contribution in [1.82, 2.24) is 20.3 Å². The van der Waals surface area contributed by atoms with E-state index in [9.17, 15) is 0 Å². The molecule has 0 aliphatic heterocycles. The van der Waals surface area contributed by atoms with E-state index in [2.05, 4.69) is 48.2 Å². The molecule has 0 aromatic carbocycles. The van der Waals surface area contributed by atoms with Crippen molar-refractivity contribution in [2.24, 2.45) is 5.84 Å². The second-order valence-electron chi connectivity index (χ2n) is 4.48. The molecule has 3 N–H and O–H groups in total. The Balaban J connectivity index is 3.14. The lowest BCUT2D eigenvalue weighted by Crippen LogP contribution is -2.54. The minimum Gasteiger partial charge on any atom is -0.302 e. The molecule has 1 rings (SSSR count). The Kier molecular flexibility index (Phi) is 4.99. The summed E-state index contributed by atoms with van der Waals surface area (Å²) in [5.41, 5.74) is 3.91. The number of hydrogen-bond acceptors (Lipinski definition) is 5. The van der Waals surface area contributed by atoms with Crippen molar-refractivity contribution < 1.29 is 0 Å². The largest absolute Gasteiger partial charge is 0.302 e. The van der Waals surface area contributed by atoms with E-state index in [1.165, 1.54) is 6.33 Å². The van der Waals surface area contributed by atoms with Crippen LogP contribution in [0.15, 0.2) is 18.7 Å². The van der Waals surface area contributed by atoms with Gasteiger partial charge in [0.25, 0.3) is 0 Å². The van der Waals surface area contributed by atoms with E-state index in [1.807, 2.05) is 12.4 Å². The number of hydrogen-bond donors (Lipinski definition) is 2. The highest BCUT2D eigenvalue weighted by Crippen LogP contribution is 2.34. The normalized spacial score (nSPS) is 14.0. The molecule has 17 heavy (non-hydrogen) atoms. The quantitative estimate of drug-likeness (QED) is 0.573. The molecule has 1 heterocycles. The predicted molar refractivity (Wildman–Crippen MR) is 69.1 cm³/mol. The number of rotatable bonds is 6. The first-order valence-electron chi connectivity index (χ1n) is 6.00. The van der Waals surface area contributed by atoms with Gasteiger partial charge in [0, 0.05) is 23.5 Å². The van der Waals surface area contributed by atoms with Crippen LogP contribution < -0.4 is 11.3 Å². The molecule has 0 radical (unpaired) electrons. The first-order chi connectivity index (χ1) is 8.12. The summed E-state index contributed by atoms with van der Waals surface area (Å²) in [5, 5.41) is 0. The van der Waals surface area contributed by atoms with E-state index in [4.69, 9.17) is 5.84 Å². The molecule has 0 saturated heterocycles. The maximum Gasteiger partial charge on any atom is 0.115 e. The van der Waals surface area contributed by atoms with Crippen LogP contribution in [0, 0.1) is 0 Å². The number of likely N-dealkylation sites (N-methyl/N-ethyl adjacent to an activating group) is 1. The number of nitrogens with two attached hydrogens (primary N) is 1. The number of hydrazine groups is 1. The summed E-state index contributed by atoms with van der Waals surface area (Å²) in [5.74, 6) is 5.75. The van der Waals surface area contributed by atoms with Crippen molar-refractivity contribution in [1.29, 1.82) is 0 Å². The highest BCUT2D eigenvalue weighted by molar-refractivity contribution is 5.16. The van der Waals surface area contributed by atoms with E-state index in [-0.39, 0.29) is 11.6 Å². The standard InChI is InChI=1S/C12H23N5/c1-5-12(6-2,17(3)4)11(16-13)10-7-14-9-15-8-10/h7-9,11,16H,5-6,13H2,1-4H3. The SMILES string of the molecule is CCC(CC)(C(NN)c1cncnc1)N(C)C. The van der Waals surface area contributed by atoms with E-state index < -0.39 is 0 Å². The molecule has 0 aliphatic rings. The first-order valence-corrected chi connectivity index (χ1v) is 6.00. The van der Waals surface area contributed by atoms with Gasteiger partial charge in [-0.15, -0.1) is 0 Å². The van der Waals surface area contributed by atoms with Crippen LogP contribution in [0.5, 0.6) is 0 Å². The average molecular weight is 237 g/mol. The van der Waals surface area contributed by atoms with Crippen molar-refractivity contribution in [3.8, 4) is 0 Å². The van der Waals surface area contributed by atoms with Crippen LogP contribution in [0.4, 0.5) is 0 Å². The van der Waals surface area contributed by atoms with Crippen LogP contribution >= 0.6 is 0 Å². The third kappa shape index (κ3) is 2.62. The minimum absolute atomic E-state index is 0.0219. The molecule has 0 spiro atoms. The summed E-state index contributed by atoms with van der Waals surface area (Å²) >= 11 is 0. The van der Waals surface area contributed by atoms with E-state index in [0.717, 1.165) is 18.4 Å². The fourth-order valence-electron chi connectivity index (χ4n) is 2.57. The number of aromatic nitrogens is 2. The van der Waals surface area contributed by atoms with Gasteiger partial charge in [-0.1, -0.05) is 13.8 Å². The molecule has 1 unspecified atom stereocenters. The van der Waals surface area contributed by atoms with Crippen LogP contribution in [-0.4, -0.2) is 34.5 Å². The fraction of sp³-hybridized carbons (Fsp3) is 0.667. The molecule has 96 valence electrons. The van der Waals surface area contributed by atoms with Gasteiger partial charge < -0.3 is 4.90 Å². The number of nitrogens with zero attached hydrogens (tertiary/aromatic N) is 3. The summed E-state index contributed by atoms with van der Waals surface area (Å²) in [6, 6.07) is 0.0219. The van der Waals surface area contributed by atoms with Gasteiger partial charge in [-0.3, -0.25) is 11.3 Å². The Morgan fingerprint density at radius 2 is 1.82 bits per heavy atom.